The molecule has 1 heterocycles. The lowest BCUT2D eigenvalue weighted by Crippen LogP contribution is -2.47. The van der Waals surface area contributed by atoms with E-state index in [2.05, 4.69) is 4.90 Å². The summed E-state index contributed by atoms with van der Waals surface area (Å²) in [5, 5.41) is 9.13. The van der Waals surface area contributed by atoms with Gasteiger partial charge in [-0.1, -0.05) is 0 Å². The Kier molecular flexibility index (Phi) is 2.05. The van der Waals surface area contributed by atoms with Gasteiger partial charge in [0.25, 0.3) is 0 Å². The van der Waals surface area contributed by atoms with Crippen LogP contribution >= 0.6 is 0 Å². The molecule has 0 radical (unpaired) electrons. The number of likely N-dealkylation sites (N-methyl/N-ethyl adjacent to an activating group) is 1. The minimum absolute atomic E-state index is 0.166. The smallest absolute Gasteiger partial charge is 0.0682 e. The van der Waals surface area contributed by atoms with Crippen LogP contribution in [0, 0.1) is 0 Å². The summed E-state index contributed by atoms with van der Waals surface area (Å²) in [6.45, 7) is 1.69. The molecule has 0 aromatic heterocycles. The third-order valence-corrected chi connectivity index (χ3v) is 1.64. The van der Waals surface area contributed by atoms with E-state index < -0.39 is 0 Å². The van der Waals surface area contributed by atoms with Gasteiger partial charge in [0.1, 0.15) is 0 Å². The Morgan fingerprint density at radius 3 is 2.67 bits per heavy atom. The van der Waals surface area contributed by atoms with E-state index >= 15 is 0 Å². The number of piperidine rings is 1. The molecule has 0 amide bonds. The van der Waals surface area contributed by atoms with E-state index in [0.717, 1.165) is 19.5 Å². The first-order valence-electron chi connectivity index (χ1n) is 3.30. The largest absolute Gasteiger partial charge is 0.392 e. The molecule has 3 nitrogen and oxygen atoms in total. The summed E-state index contributed by atoms with van der Waals surface area (Å²) in [6.07, 6.45) is 0.545. The topological polar surface area (TPSA) is 49.5 Å². The van der Waals surface area contributed by atoms with E-state index in [1.807, 2.05) is 7.05 Å². The molecule has 3 N–H and O–H groups in total. The summed E-state index contributed by atoms with van der Waals surface area (Å²) >= 11 is 0. The average molecular weight is 130 g/mol. The van der Waals surface area contributed by atoms with Crippen LogP contribution in [0.15, 0.2) is 0 Å². The molecular formula is C6H14N2O. The van der Waals surface area contributed by atoms with Crippen molar-refractivity contribution in [3.63, 3.8) is 0 Å². The zero-order valence-corrected chi connectivity index (χ0v) is 5.75. The van der Waals surface area contributed by atoms with E-state index in [-0.39, 0.29) is 12.1 Å². The number of hydrogen-bond donors (Lipinski definition) is 2. The highest BCUT2D eigenvalue weighted by Crippen LogP contribution is 2.05. The molecule has 1 aliphatic rings. The van der Waals surface area contributed by atoms with Gasteiger partial charge >= 0.3 is 0 Å². The Morgan fingerprint density at radius 2 is 2.22 bits per heavy atom. The molecule has 1 aliphatic heterocycles. The Hall–Kier alpha value is -0.120. The van der Waals surface area contributed by atoms with Gasteiger partial charge < -0.3 is 15.7 Å². The minimum atomic E-state index is -0.209. The molecule has 3 heteroatoms. The molecule has 0 aliphatic carbocycles. The van der Waals surface area contributed by atoms with Crippen LogP contribution in [0.5, 0.6) is 0 Å². The second-order valence-electron chi connectivity index (χ2n) is 2.87. The predicted molar refractivity (Wildman–Crippen MR) is 36.1 cm³/mol. The molecular weight excluding hydrogens is 116 g/mol. The third-order valence-electron chi connectivity index (χ3n) is 1.64. The SMILES string of the molecule is CN1CC(N)CC(O)C1. The number of aliphatic hydroxyl groups excluding tert-OH is 1. The normalized spacial score (nSPS) is 39.0. The first-order chi connectivity index (χ1) is 4.18. The quantitative estimate of drug-likeness (QED) is 0.442. The fourth-order valence-electron chi connectivity index (χ4n) is 1.33. The van der Waals surface area contributed by atoms with Gasteiger partial charge in [-0.3, -0.25) is 0 Å². The van der Waals surface area contributed by atoms with Gasteiger partial charge in [0, 0.05) is 19.1 Å². The highest BCUT2D eigenvalue weighted by Gasteiger charge is 2.19. The summed E-state index contributed by atoms with van der Waals surface area (Å²) in [5.41, 5.74) is 5.61. The van der Waals surface area contributed by atoms with Crippen molar-refractivity contribution in [2.45, 2.75) is 18.6 Å². The number of rotatable bonds is 0. The van der Waals surface area contributed by atoms with Crippen LogP contribution in [-0.4, -0.2) is 42.3 Å². The standard InChI is InChI=1S/C6H14N2O/c1-8-3-5(7)2-6(9)4-8/h5-6,9H,2-4,7H2,1H3. The molecule has 54 valence electrons. The monoisotopic (exact) mass is 130 g/mol. The third kappa shape index (κ3) is 1.93. The Morgan fingerprint density at radius 1 is 1.56 bits per heavy atom. The van der Waals surface area contributed by atoms with Crippen LogP contribution < -0.4 is 5.73 Å². The zero-order chi connectivity index (χ0) is 6.85. The summed E-state index contributed by atoms with van der Waals surface area (Å²) < 4.78 is 0. The van der Waals surface area contributed by atoms with Crippen LogP contribution in [0.4, 0.5) is 0 Å². The molecule has 1 saturated heterocycles. The molecule has 2 atom stereocenters. The van der Waals surface area contributed by atoms with Gasteiger partial charge in [0.15, 0.2) is 0 Å². The van der Waals surface area contributed by atoms with Crippen molar-refractivity contribution >= 4 is 0 Å². The molecule has 0 aromatic rings. The number of aliphatic hydroxyl groups is 1. The van der Waals surface area contributed by atoms with Crippen molar-refractivity contribution in [1.29, 1.82) is 0 Å². The molecule has 1 fully saturated rings. The van der Waals surface area contributed by atoms with Gasteiger partial charge in [-0.15, -0.1) is 0 Å². The van der Waals surface area contributed by atoms with E-state index in [1.54, 1.807) is 0 Å². The van der Waals surface area contributed by atoms with Crippen molar-refractivity contribution < 1.29 is 5.11 Å². The van der Waals surface area contributed by atoms with Gasteiger partial charge in [-0.2, -0.15) is 0 Å². The van der Waals surface area contributed by atoms with Crippen LogP contribution in [0.2, 0.25) is 0 Å². The highest BCUT2D eigenvalue weighted by molar-refractivity contribution is 4.78. The molecule has 9 heavy (non-hydrogen) atoms. The Balaban J connectivity index is 2.34. The maximum Gasteiger partial charge on any atom is 0.0682 e. The first kappa shape index (κ1) is 6.99. The minimum Gasteiger partial charge on any atom is -0.392 e. The average Bonchev–Trinajstić information content (AvgIpc) is 1.59. The fraction of sp³-hybridized carbons (Fsp3) is 1.00. The Labute approximate surface area is 55.5 Å². The molecule has 1 rings (SSSR count). The van der Waals surface area contributed by atoms with E-state index in [0.29, 0.717) is 0 Å². The second-order valence-corrected chi connectivity index (χ2v) is 2.87. The first-order valence-corrected chi connectivity index (χ1v) is 3.30. The van der Waals surface area contributed by atoms with Crippen LogP contribution in [0.25, 0.3) is 0 Å². The molecule has 0 bridgehead atoms. The molecule has 0 spiro atoms. The van der Waals surface area contributed by atoms with Crippen molar-refractivity contribution in [2.24, 2.45) is 5.73 Å². The van der Waals surface area contributed by atoms with Crippen molar-refractivity contribution in [3.05, 3.63) is 0 Å². The lowest BCUT2D eigenvalue weighted by molar-refractivity contribution is 0.0740. The maximum absolute atomic E-state index is 9.13. The number of β-amino-alcohol motifs (C(OH)–C–C–N with tert-alkyl or cyclic N) is 1. The Bertz CT molecular complexity index is 72.0. The van der Waals surface area contributed by atoms with Crippen LogP contribution in [-0.2, 0) is 0 Å². The van der Waals surface area contributed by atoms with Crippen molar-refractivity contribution in [1.82, 2.24) is 4.90 Å². The lowest BCUT2D eigenvalue weighted by atomic mass is 10.1. The second kappa shape index (κ2) is 2.64. The zero-order valence-electron chi connectivity index (χ0n) is 5.75. The van der Waals surface area contributed by atoms with Gasteiger partial charge in [-0.25, -0.2) is 0 Å². The fourth-order valence-corrected chi connectivity index (χ4v) is 1.33. The van der Waals surface area contributed by atoms with E-state index in [1.165, 1.54) is 0 Å². The molecule has 0 saturated carbocycles. The highest BCUT2D eigenvalue weighted by atomic mass is 16.3. The van der Waals surface area contributed by atoms with E-state index in [9.17, 15) is 0 Å². The lowest BCUT2D eigenvalue weighted by Gasteiger charge is -2.30. The summed E-state index contributed by atoms with van der Waals surface area (Å²) in [5.74, 6) is 0. The number of nitrogens with two attached hydrogens (primary N) is 1. The number of likely N-dealkylation sites (tertiary alicyclic amines) is 1. The molecule has 0 aromatic carbocycles. The molecule has 2 unspecified atom stereocenters. The van der Waals surface area contributed by atoms with Gasteiger partial charge in [-0.05, 0) is 13.5 Å². The number of nitrogens with zero attached hydrogens (tertiary/aromatic N) is 1. The number of hydrogen-bond acceptors (Lipinski definition) is 3. The van der Waals surface area contributed by atoms with Crippen molar-refractivity contribution in [3.8, 4) is 0 Å². The van der Waals surface area contributed by atoms with Crippen molar-refractivity contribution in [2.75, 3.05) is 20.1 Å². The summed E-state index contributed by atoms with van der Waals surface area (Å²) in [7, 11) is 1.97. The van der Waals surface area contributed by atoms with Gasteiger partial charge in [0.2, 0.25) is 0 Å². The van der Waals surface area contributed by atoms with E-state index in [4.69, 9.17) is 10.8 Å². The van der Waals surface area contributed by atoms with Gasteiger partial charge in [0.05, 0.1) is 6.10 Å². The maximum atomic E-state index is 9.13. The van der Waals surface area contributed by atoms with Crippen LogP contribution in [0.3, 0.4) is 0 Å². The predicted octanol–water partition coefficient (Wildman–Crippen LogP) is -0.990. The summed E-state index contributed by atoms with van der Waals surface area (Å²) in [6, 6.07) is 0.166. The summed E-state index contributed by atoms with van der Waals surface area (Å²) in [4.78, 5) is 2.05. The van der Waals surface area contributed by atoms with Crippen LogP contribution in [0.1, 0.15) is 6.42 Å².